The van der Waals surface area contributed by atoms with Crippen LogP contribution < -0.4 is 10.2 Å². The SMILES string of the molecule is COCCCCOc1ccc([B-](F)(F)F)cc1C. The second kappa shape index (κ2) is 6.68. The fraction of sp³-hybridized carbons (Fsp3) is 0.500. The van der Waals surface area contributed by atoms with Gasteiger partial charge in [-0.05, 0) is 31.4 Å². The lowest BCUT2D eigenvalue weighted by atomic mass is 9.79. The van der Waals surface area contributed by atoms with E-state index < -0.39 is 12.4 Å². The summed E-state index contributed by atoms with van der Waals surface area (Å²) in [6, 6.07) is 3.58. The van der Waals surface area contributed by atoms with E-state index in [0.29, 0.717) is 24.5 Å². The first-order valence-corrected chi connectivity index (χ1v) is 5.87. The third-order valence-electron chi connectivity index (χ3n) is 2.58. The van der Waals surface area contributed by atoms with Crippen molar-refractivity contribution < 1.29 is 22.4 Å². The van der Waals surface area contributed by atoms with Crippen LogP contribution in [0.25, 0.3) is 0 Å². The minimum absolute atomic E-state index is 0.487. The molecule has 0 saturated carbocycles. The number of ether oxygens (including phenoxy) is 2. The van der Waals surface area contributed by atoms with E-state index in [1.807, 2.05) is 0 Å². The van der Waals surface area contributed by atoms with E-state index in [9.17, 15) is 12.9 Å². The van der Waals surface area contributed by atoms with Crippen LogP contribution in [0, 0.1) is 6.92 Å². The first kappa shape index (κ1) is 14.9. The van der Waals surface area contributed by atoms with Crippen molar-refractivity contribution in [3.05, 3.63) is 23.8 Å². The van der Waals surface area contributed by atoms with E-state index in [0.717, 1.165) is 25.0 Å². The number of hydrogen-bond acceptors (Lipinski definition) is 2. The summed E-state index contributed by atoms with van der Waals surface area (Å²) in [5.41, 5.74) is -0.0716. The quantitative estimate of drug-likeness (QED) is 0.555. The molecule has 6 heteroatoms. The number of aryl methyl sites for hydroxylation is 1. The van der Waals surface area contributed by atoms with E-state index in [1.54, 1.807) is 14.0 Å². The monoisotopic (exact) mass is 261 g/mol. The molecule has 102 valence electrons. The lowest BCUT2D eigenvalue weighted by molar-refractivity contribution is 0.184. The summed E-state index contributed by atoms with van der Waals surface area (Å²) in [6.07, 6.45) is 1.69. The number of halogens is 3. The average molecular weight is 261 g/mol. The summed E-state index contributed by atoms with van der Waals surface area (Å²) in [4.78, 5) is 0. The van der Waals surface area contributed by atoms with Gasteiger partial charge in [-0.3, -0.25) is 0 Å². The number of rotatable bonds is 7. The predicted molar refractivity (Wildman–Crippen MR) is 66.5 cm³/mol. The summed E-state index contributed by atoms with van der Waals surface area (Å²) in [7, 11) is 1.63. The average Bonchev–Trinajstić information content (AvgIpc) is 2.29. The molecule has 18 heavy (non-hydrogen) atoms. The van der Waals surface area contributed by atoms with Crippen LogP contribution in [-0.4, -0.2) is 27.3 Å². The van der Waals surface area contributed by atoms with Crippen LogP contribution >= 0.6 is 0 Å². The fourth-order valence-corrected chi connectivity index (χ4v) is 1.57. The first-order valence-electron chi connectivity index (χ1n) is 5.87. The lowest BCUT2D eigenvalue weighted by Gasteiger charge is -2.17. The maximum atomic E-state index is 12.5. The van der Waals surface area contributed by atoms with Gasteiger partial charge in [0.25, 0.3) is 0 Å². The van der Waals surface area contributed by atoms with Gasteiger partial charge in [-0.25, -0.2) is 0 Å². The number of hydrogen-bond donors (Lipinski definition) is 0. The molecule has 0 heterocycles. The van der Waals surface area contributed by atoms with Gasteiger partial charge in [0.2, 0.25) is 0 Å². The number of benzene rings is 1. The zero-order chi connectivity index (χ0) is 13.6. The van der Waals surface area contributed by atoms with Crippen LogP contribution in [0.2, 0.25) is 0 Å². The molecule has 1 aromatic rings. The molecule has 1 aromatic carbocycles. The Balaban J connectivity index is 2.53. The fourth-order valence-electron chi connectivity index (χ4n) is 1.57. The van der Waals surface area contributed by atoms with E-state index in [-0.39, 0.29) is 0 Å². The summed E-state index contributed by atoms with van der Waals surface area (Å²) in [5.74, 6) is 0.510. The Hall–Kier alpha value is -1.17. The smallest absolute Gasteiger partial charge is 0.493 e. The van der Waals surface area contributed by atoms with Crippen LogP contribution in [0.1, 0.15) is 18.4 Å². The van der Waals surface area contributed by atoms with E-state index in [1.165, 1.54) is 6.07 Å². The summed E-state index contributed by atoms with van der Waals surface area (Å²) in [5, 5.41) is 0. The molecule has 0 aliphatic rings. The highest BCUT2D eigenvalue weighted by Gasteiger charge is 2.25. The molecule has 0 aromatic heterocycles. The predicted octanol–water partition coefficient (Wildman–Crippen LogP) is 2.85. The van der Waals surface area contributed by atoms with Crippen molar-refractivity contribution in [2.45, 2.75) is 19.8 Å². The second-order valence-corrected chi connectivity index (χ2v) is 4.15. The lowest BCUT2D eigenvalue weighted by Crippen LogP contribution is -2.34. The van der Waals surface area contributed by atoms with Crippen molar-refractivity contribution in [1.82, 2.24) is 0 Å². The molecular weight excluding hydrogens is 244 g/mol. The molecule has 0 unspecified atom stereocenters. The maximum absolute atomic E-state index is 12.5. The zero-order valence-corrected chi connectivity index (χ0v) is 10.6. The van der Waals surface area contributed by atoms with Crippen LogP contribution in [-0.2, 0) is 4.74 Å². The van der Waals surface area contributed by atoms with E-state index >= 15 is 0 Å². The van der Waals surface area contributed by atoms with Crippen molar-refractivity contribution in [3.63, 3.8) is 0 Å². The van der Waals surface area contributed by atoms with Crippen molar-refractivity contribution in [2.75, 3.05) is 20.3 Å². The van der Waals surface area contributed by atoms with Crippen LogP contribution in [0.15, 0.2) is 18.2 Å². The van der Waals surface area contributed by atoms with Gasteiger partial charge >= 0.3 is 6.98 Å². The molecule has 0 atom stereocenters. The summed E-state index contributed by atoms with van der Waals surface area (Å²) >= 11 is 0. The zero-order valence-electron chi connectivity index (χ0n) is 10.6. The molecule has 2 nitrogen and oxygen atoms in total. The normalized spacial score (nSPS) is 11.6. The summed E-state index contributed by atoms with van der Waals surface area (Å²) in [6.45, 7) is -2.16. The minimum Gasteiger partial charge on any atom is -0.493 e. The van der Waals surface area contributed by atoms with Crippen LogP contribution in [0.3, 0.4) is 0 Å². The molecule has 0 fully saturated rings. The maximum Gasteiger partial charge on any atom is 0.509 e. The standard InChI is InChI=1S/C12H17BF3O2/c1-10-9-11(13(14,15)16)5-6-12(10)18-8-4-3-7-17-2/h5-6,9H,3-4,7-8H2,1-2H3/q-1. The molecule has 0 amide bonds. The van der Waals surface area contributed by atoms with Crippen molar-refractivity contribution >= 4 is 12.4 Å². The van der Waals surface area contributed by atoms with Gasteiger partial charge in [0.05, 0.1) is 6.61 Å². The van der Waals surface area contributed by atoms with E-state index in [4.69, 9.17) is 9.47 Å². The Labute approximate surface area is 105 Å². The minimum atomic E-state index is -4.94. The highest BCUT2D eigenvalue weighted by atomic mass is 19.4. The number of methoxy groups -OCH3 is 1. The Kier molecular flexibility index (Phi) is 5.53. The molecule has 0 aliphatic heterocycles. The Morgan fingerprint density at radius 1 is 1.11 bits per heavy atom. The summed E-state index contributed by atoms with van der Waals surface area (Å²) < 4.78 is 47.8. The van der Waals surface area contributed by atoms with Gasteiger partial charge in [-0.15, -0.1) is 5.46 Å². The Morgan fingerprint density at radius 2 is 1.78 bits per heavy atom. The third kappa shape index (κ3) is 4.60. The van der Waals surface area contributed by atoms with Gasteiger partial charge in [-0.1, -0.05) is 12.1 Å². The van der Waals surface area contributed by atoms with Gasteiger partial charge in [0.1, 0.15) is 5.75 Å². The van der Waals surface area contributed by atoms with Crippen molar-refractivity contribution in [2.24, 2.45) is 0 Å². The van der Waals surface area contributed by atoms with E-state index in [2.05, 4.69) is 0 Å². The highest BCUT2D eigenvalue weighted by molar-refractivity contribution is 6.73. The second-order valence-electron chi connectivity index (χ2n) is 4.15. The molecule has 0 aliphatic carbocycles. The van der Waals surface area contributed by atoms with Crippen LogP contribution in [0.4, 0.5) is 12.9 Å². The van der Waals surface area contributed by atoms with Crippen molar-refractivity contribution in [1.29, 1.82) is 0 Å². The molecule has 0 radical (unpaired) electrons. The topological polar surface area (TPSA) is 18.5 Å². The van der Waals surface area contributed by atoms with Crippen molar-refractivity contribution in [3.8, 4) is 5.75 Å². The third-order valence-corrected chi connectivity index (χ3v) is 2.58. The largest absolute Gasteiger partial charge is 0.509 e. The molecule has 0 spiro atoms. The Bertz CT molecular complexity index is 380. The number of unbranched alkanes of at least 4 members (excludes halogenated alkanes) is 1. The van der Waals surface area contributed by atoms with Crippen LogP contribution in [0.5, 0.6) is 5.75 Å². The Morgan fingerprint density at radius 3 is 2.33 bits per heavy atom. The first-order chi connectivity index (χ1) is 8.45. The molecule has 0 saturated heterocycles. The van der Waals surface area contributed by atoms with Gasteiger partial charge in [0.15, 0.2) is 0 Å². The molecule has 0 bridgehead atoms. The molecular formula is C12H17BF3O2-. The van der Waals surface area contributed by atoms with Gasteiger partial charge < -0.3 is 22.4 Å². The highest BCUT2D eigenvalue weighted by Crippen LogP contribution is 2.19. The van der Waals surface area contributed by atoms with Gasteiger partial charge in [0, 0.05) is 13.7 Å². The molecule has 0 N–H and O–H groups in total. The molecule has 1 rings (SSSR count). The van der Waals surface area contributed by atoms with Gasteiger partial charge in [-0.2, -0.15) is 0 Å².